The molecule has 6 nitrogen and oxygen atoms in total. The van der Waals surface area contributed by atoms with Crippen LogP contribution in [0.4, 0.5) is 0 Å². The topological polar surface area (TPSA) is 78.1 Å². The number of hydrogen-bond acceptors (Lipinski definition) is 4. The van der Waals surface area contributed by atoms with Crippen LogP contribution in [0.1, 0.15) is 11.1 Å². The average molecular weight is 672 g/mol. The zero-order chi connectivity index (χ0) is 27.0. The molecule has 2 heterocycles. The summed E-state index contributed by atoms with van der Waals surface area (Å²) in [5.74, 6) is 0. The Bertz CT molecular complexity index is 1970. The summed E-state index contributed by atoms with van der Waals surface area (Å²) in [5.41, 5.74) is 3.22. The van der Waals surface area contributed by atoms with E-state index in [-0.39, 0.29) is 9.79 Å². The van der Waals surface area contributed by atoms with Crippen molar-refractivity contribution in [1.29, 1.82) is 0 Å². The van der Waals surface area contributed by atoms with Crippen molar-refractivity contribution in [1.82, 2.24) is 7.94 Å². The predicted molar refractivity (Wildman–Crippen MR) is 158 cm³/mol. The van der Waals surface area contributed by atoms with Gasteiger partial charge in [0.15, 0.2) is 0 Å². The van der Waals surface area contributed by atoms with Gasteiger partial charge >= 0.3 is 0 Å². The van der Waals surface area contributed by atoms with E-state index in [0.717, 1.165) is 11.1 Å². The molecule has 0 unspecified atom stereocenters. The van der Waals surface area contributed by atoms with Gasteiger partial charge in [-0.15, -0.1) is 0 Å². The van der Waals surface area contributed by atoms with Crippen LogP contribution in [0.3, 0.4) is 0 Å². The SMILES string of the molecule is Cc1ccc(S(=O)(=O)n2c3ccc(Br)cc3c3c2c2cc(Br)ccc2n3S(=O)(=O)c2ccc(C)cc2)cc1. The number of halogens is 2. The van der Waals surface area contributed by atoms with Crippen LogP contribution in [0.25, 0.3) is 32.8 Å². The van der Waals surface area contributed by atoms with E-state index >= 15 is 0 Å². The summed E-state index contributed by atoms with van der Waals surface area (Å²) >= 11 is 6.98. The third kappa shape index (κ3) is 3.77. The average Bonchev–Trinajstić information content (AvgIpc) is 3.37. The van der Waals surface area contributed by atoms with Crippen molar-refractivity contribution in [2.24, 2.45) is 0 Å². The molecule has 0 spiro atoms. The van der Waals surface area contributed by atoms with Gasteiger partial charge in [0.05, 0.1) is 31.9 Å². The highest BCUT2D eigenvalue weighted by Crippen LogP contribution is 2.42. The van der Waals surface area contributed by atoms with Crippen LogP contribution in [0.15, 0.2) is 104 Å². The Kier molecular flexibility index (Phi) is 5.88. The molecule has 2 aromatic heterocycles. The Balaban J connectivity index is 1.85. The van der Waals surface area contributed by atoms with Gasteiger partial charge in [-0.3, -0.25) is 0 Å². The van der Waals surface area contributed by atoms with Gasteiger partial charge in [0.2, 0.25) is 0 Å². The highest BCUT2D eigenvalue weighted by Gasteiger charge is 2.32. The van der Waals surface area contributed by atoms with Crippen LogP contribution in [-0.2, 0) is 20.0 Å². The highest BCUT2D eigenvalue weighted by molar-refractivity contribution is 9.10. The molecule has 10 heteroatoms. The number of aryl methyl sites for hydroxylation is 2. The molecule has 4 aromatic carbocycles. The molecule has 192 valence electrons. The van der Waals surface area contributed by atoms with Crippen molar-refractivity contribution >= 4 is 84.7 Å². The molecule has 6 rings (SSSR count). The zero-order valence-corrected chi connectivity index (χ0v) is 25.0. The first-order valence-corrected chi connectivity index (χ1v) is 16.0. The van der Waals surface area contributed by atoms with Crippen LogP contribution in [0, 0.1) is 13.8 Å². The largest absolute Gasteiger partial charge is 0.268 e. The molecule has 0 saturated carbocycles. The Morgan fingerprint density at radius 3 is 1.21 bits per heavy atom. The fraction of sp³-hybridized carbons (Fsp3) is 0.0714. The molecule has 38 heavy (non-hydrogen) atoms. The number of aromatic nitrogens is 2. The molecule has 0 aliphatic rings. The van der Waals surface area contributed by atoms with Crippen molar-refractivity contribution in [2.45, 2.75) is 23.6 Å². The summed E-state index contributed by atoms with van der Waals surface area (Å²) in [6.07, 6.45) is 0. The maximum absolute atomic E-state index is 14.2. The van der Waals surface area contributed by atoms with Crippen LogP contribution in [-0.4, -0.2) is 24.8 Å². The van der Waals surface area contributed by atoms with Gasteiger partial charge in [0.1, 0.15) is 0 Å². The lowest BCUT2D eigenvalue weighted by atomic mass is 10.2. The van der Waals surface area contributed by atoms with E-state index in [1.165, 1.54) is 7.94 Å². The fourth-order valence-electron chi connectivity index (χ4n) is 4.79. The van der Waals surface area contributed by atoms with E-state index in [1.54, 1.807) is 84.9 Å². The lowest BCUT2D eigenvalue weighted by Crippen LogP contribution is -2.13. The van der Waals surface area contributed by atoms with E-state index in [9.17, 15) is 16.8 Å². The standard InChI is InChI=1S/C28H20Br2N2O4S2/c1-17-3-9-21(10-4-17)37(33,34)31-25-13-7-19(29)15-23(25)28-27(31)24-16-20(30)8-14-26(24)32(28)38(35,36)22-11-5-18(2)6-12-22/h3-16H,1-2H3. The monoisotopic (exact) mass is 670 g/mol. The number of fused-ring (bicyclic) bond motifs is 5. The van der Waals surface area contributed by atoms with Crippen LogP contribution in [0.5, 0.6) is 0 Å². The minimum atomic E-state index is -4.11. The first kappa shape index (κ1) is 25.4. The normalized spacial score (nSPS) is 12.6. The first-order valence-electron chi connectivity index (χ1n) is 11.6. The summed E-state index contributed by atoms with van der Waals surface area (Å²) in [7, 11) is -8.21. The number of benzene rings is 4. The molecule has 0 aliphatic carbocycles. The molecule has 0 bridgehead atoms. The molecule has 0 fully saturated rings. The Morgan fingerprint density at radius 2 is 0.868 bits per heavy atom. The number of hydrogen-bond donors (Lipinski definition) is 0. The zero-order valence-electron chi connectivity index (χ0n) is 20.2. The second kappa shape index (κ2) is 8.81. The van der Waals surface area contributed by atoms with E-state index in [1.807, 2.05) is 13.8 Å². The van der Waals surface area contributed by atoms with E-state index < -0.39 is 20.0 Å². The van der Waals surface area contributed by atoms with E-state index in [2.05, 4.69) is 31.9 Å². The third-order valence-electron chi connectivity index (χ3n) is 6.61. The molecule has 0 N–H and O–H groups in total. The van der Waals surface area contributed by atoms with E-state index in [4.69, 9.17) is 0 Å². The minimum Gasteiger partial charge on any atom is -0.231 e. The molecule has 0 saturated heterocycles. The van der Waals surface area contributed by atoms with E-state index in [0.29, 0.717) is 41.8 Å². The van der Waals surface area contributed by atoms with Crippen LogP contribution >= 0.6 is 31.9 Å². The Hall–Kier alpha value is -2.92. The Morgan fingerprint density at radius 1 is 0.526 bits per heavy atom. The van der Waals surface area contributed by atoms with Crippen molar-refractivity contribution in [3.63, 3.8) is 0 Å². The molecular formula is C28H20Br2N2O4S2. The molecule has 0 radical (unpaired) electrons. The molecule has 6 aromatic rings. The van der Waals surface area contributed by atoms with Crippen LogP contribution in [0.2, 0.25) is 0 Å². The van der Waals surface area contributed by atoms with Crippen LogP contribution < -0.4 is 0 Å². The predicted octanol–water partition coefficient (Wildman–Crippen LogP) is 7.37. The Labute approximate surface area is 236 Å². The maximum Gasteiger partial charge on any atom is 0.268 e. The smallest absolute Gasteiger partial charge is 0.231 e. The second-order valence-corrected chi connectivity index (χ2v) is 14.6. The minimum absolute atomic E-state index is 0.113. The van der Waals surface area contributed by atoms with Crippen molar-refractivity contribution < 1.29 is 16.8 Å². The number of nitrogens with zero attached hydrogens (tertiary/aromatic N) is 2. The van der Waals surface area contributed by atoms with Gasteiger partial charge < -0.3 is 0 Å². The second-order valence-electron chi connectivity index (χ2n) is 9.19. The molecular weight excluding hydrogens is 652 g/mol. The lowest BCUT2D eigenvalue weighted by molar-refractivity contribution is 0.588. The van der Waals surface area contributed by atoms with Gasteiger partial charge in [-0.2, -0.15) is 0 Å². The maximum atomic E-state index is 14.2. The number of rotatable bonds is 4. The van der Waals surface area contributed by atoms with Gasteiger partial charge in [0, 0.05) is 19.7 Å². The van der Waals surface area contributed by atoms with Gasteiger partial charge in [-0.25, -0.2) is 24.8 Å². The van der Waals surface area contributed by atoms with Gasteiger partial charge in [0.25, 0.3) is 20.0 Å². The van der Waals surface area contributed by atoms with Crippen molar-refractivity contribution in [3.05, 3.63) is 105 Å². The fourth-order valence-corrected chi connectivity index (χ4v) is 8.58. The molecule has 0 atom stereocenters. The lowest BCUT2D eigenvalue weighted by Gasteiger charge is -2.11. The quantitative estimate of drug-likeness (QED) is 0.196. The third-order valence-corrected chi connectivity index (χ3v) is 11.1. The summed E-state index contributed by atoms with van der Waals surface area (Å²) in [5, 5.41) is 0.987. The first-order chi connectivity index (χ1) is 18.0. The van der Waals surface area contributed by atoms with Crippen molar-refractivity contribution in [2.75, 3.05) is 0 Å². The van der Waals surface area contributed by atoms with Crippen molar-refractivity contribution in [3.8, 4) is 0 Å². The summed E-state index contributed by atoms with van der Waals surface area (Å²) in [4.78, 5) is 0.226. The highest BCUT2D eigenvalue weighted by atomic mass is 79.9. The molecule has 0 amide bonds. The van der Waals surface area contributed by atoms with Gasteiger partial charge in [-0.1, -0.05) is 67.3 Å². The summed E-state index contributed by atoms with van der Waals surface area (Å²) in [6, 6.07) is 23.7. The molecule has 0 aliphatic heterocycles. The van der Waals surface area contributed by atoms with Gasteiger partial charge in [-0.05, 0) is 74.5 Å². The summed E-state index contributed by atoms with van der Waals surface area (Å²) in [6.45, 7) is 3.77. The summed E-state index contributed by atoms with van der Waals surface area (Å²) < 4.78 is 60.7.